The molecule has 0 bridgehead atoms. The Morgan fingerprint density at radius 2 is 2.12 bits per heavy atom. The second-order valence-corrected chi connectivity index (χ2v) is 3.07. The van der Waals surface area contributed by atoms with Crippen molar-refractivity contribution in [2.45, 2.75) is 19.3 Å². The highest BCUT2D eigenvalue weighted by Gasteiger charge is 2.27. The summed E-state index contributed by atoms with van der Waals surface area (Å²) in [6.45, 7) is 5.26. The first-order valence-corrected chi connectivity index (χ1v) is 3.53. The number of hydrogen-bond acceptors (Lipinski definition) is 2. The van der Waals surface area contributed by atoms with E-state index in [2.05, 4.69) is 26.5 Å². The van der Waals surface area contributed by atoms with E-state index < -0.39 is 0 Å². The van der Waals surface area contributed by atoms with Gasteiger partial charge in [-0.1, -0.05) is 13.8 Å². The highest BCUT2D eigenvalue weighted by molar-refractivity contribution is 7.80. The molecule has 0 spiro atoms. The van der Waals surface area contributed by atoms with Crippen LogP contribution in [0.5, 0.6) is 0 Å². The fourth-order valence-corrected chi connectivity index (χ4v) is 1.21. The fraction of sp³-hybridized carbons (Fsp3) is 1.00. The van der Waals surface area contributed by atoms with E-state index in [9.17, 15) is 0 Å². The van der Waals surface area contributed by atoms with Gasteiger partial charge in [0.1, 0.15) is 5.44 Å². The summed E-state index contributed by atoms with van der Waals surface area (Å²) in [6.07, 6.45) is 0. The third-order valence-corrected chi connectivity index (χ3v) is 2.50. The van der Waals surface area contributed by atoms with Crippen molar-refractivity contribution in [1.82, 2.24) is 0 Å². The molecule has 3 atom stereocenters. The largest absolute Gasteiger partial charge is 0.367 e. The van der Waals surface area contributed by atoms with Gasteiger partial charge in [0.15, 0.2) is 0 Å². The van der Waals surface area contributed by atoms with Gasteiger partial charge in [-0.2, -0.15) is 0 Å². The van der Waals surface area contributed by atoms with Gasteiger partial charge in [0.25, 0.3) is 0 Å². The molecule has 0 N–H and O–H groups in total. The van der Waals surface area contributed by atoms with Crippen LogP contribution in [-0.2, 0) is 4.74 Å². The van der Waals surface area contributed by atoms with E-state index in [1.807, 2.05) is 0 Å². The zero-order valence-electron chi connectivity index (χ0n) is 5.29. The lowest BCUT2D eigenvalue weighted by Gasteiger charge is -2.08. The topological polar surface area (TPSA) is 9.23 Å². The number of thiol groups is 1. The SMILES string of the molecule is C[C@@H]1COC(S)[C@@H]1C. The number of rotatable bonds is 0. The summed E-state index contributed by atoms with van der Waals surface area (Å²) in [5.74, 6) is 1.32. The predicted octanol–water partition coefficient (Wildman–Crippen LogP) is 1.54. The van der Waals surface area contributed by atoms with E-state index in [0.717, 1.165) is 6.61 Å². The Hall–Kier alpha value is 0.310. The summed E-state index contributed by atoms with van der Waals surface area (Å²) < 4.78 is 5.24. The van der Waals surface area contributed by atoms with Crippen LogP contribution in [-0.4, -0.2) is 12.0 Å². The molecule has 2 heteroatoms. The summed E-state index contributed by atoms with van der Waals surface area (Å²) in [4.78, 5) is 0. The minimum Gasteiger partial charge on any atom is -0.367 e. The molecule has 0 aliphatic carbocycles. The molecule has 48 valence electrons. The first-order valence-electron chi connectivity index (χ1n) is 3.01. The van der Waals surface area contributed by atoms with Gasteiger partial charge < -0.3 is 4.74 Å². The summed E-state index contributed by atoms with van der Waals surface area (Å²) in [5.41, 5.74) is 0.185. The third kappa shape index (κ3) is 1.00. The molecule has 0 amide bonds. The van der Waals surface area contributed by atoms with Crippen molar-refractivity contribution in [2.75, 3.05) is 6.61 Å². The Morgan fingerprint density at radius 3 is 2.25 bits per heavy atom. The molecule has 1 rings (SSSR count). The maximum atomic E-state index is 5.24. The average molecular weight is 132 g/mol. The summed E-state index contributed by atoms with van der Waals surface area (Å²) in [5, 5.41) is 0. The van der Waals surface area contributed by atoms with Crippen LogP contribution in [0.1, 0.15) is 13.8 Å². The van der Waals surface area contributed by atoms with Gasteiger partial charge in [0.05, 0.1) is 6.61 Å². The molecular formula is C6H12OS. The molecule has 1 unspecified atom stereocenters. The van der Waals surface area contributed by atoms with Crippen LogP contribution in [0.4, 0.5) is 0 Å². The van der Waals surface area contributed by atoms with Crippen LogP contribution in [0, 0.1) is 11.8 Å². The highest BCUT2D eigenvalue weighted by Crippen LogP contribution is 2.27. The van der Waals surface area contributed by atoms with Gasteiger partial charge >= 0.3 is 0 Å². The van der Waals surface area contributed by atoms with Crippen LogP contribution >= 0.6 is 12.6 Å². The number of ether oxygens (including phenoxy) is 1. The van der Waals surface area contributed by atoms with Gasteiger partial charge in [-0.3, -0.25) is 0 Å². The van der Waals surface area contributed by atoms with Gasteiger partial charge in [0, 0.05) is 0 Å². The molecule has 0 aromatic rings. The van der Waals surface area contributed by atoms with Crippen molar-refractivity contribution in [3.63, 3.8) is 0 Å². The molecule has 0 saturated carbocycles. The second kappa shape index (κ2) is 2.28. The smallest absolute Gasteiger partial charge is 0.103 e. The number of hydrogen-bond donors (Lipinski definition) is 1. The highest BCUT2D eigenvalue weighted by atomic mass is 32.1. The van der Waals surface area contributed by atoms with Gasteiger partial charge in [-0.15, -0.1) is 12.6 Å². The average Bonchev–Trinajstić information content (AvgIpc) is 1.98. The molecule has 0 aromatic heterocycles. The van der Waals surface area contributed by atoms with Crippen LogP contribution in [0.15, 0.2) is 0 Å². The minimum atomic E-state index is 0.185. The van der Waals surface area contributed by atoms with Crippen molar-refractivity contribution in [3.05, 3.63) is 0 Å². The molecule has 1 aliphatic rings. The monoisotopic (exact) mass is 132 g/mol. The molecule has 1 heterocycles. The van der Waals surface area contributed by atoms with Crippen LogP contribution < -0.4 is 0 Å². The lowest BCUT2D eigenvalue weighted by molar-refractivity contribution is 0.160. The molecule has 8 heavy (non-hydrogen) atoms. The Labute approximate surface area is 55.8 Å². The van der Waals surface area contributed by atoms with E-state index >= 15 is 0 Å². The second-order valence-electron chi connectivity index (χ2n) is 2.56. The Balaban J connectivity index is 2.44. The minimum absolute atomic E-state index is 0.185. The van der Waals surface area contributed by atoms with Crippen molar-refractivity contribution in [3.8, 4) is 0 Å². The van der Waals surface area contributed by atoms with Crippen LogP contribution in [0.2, 0.25) is 0 Å². The molecule has 0 radical (unpaired) electrons. The predicted molar refractivity (Wildman–Crippen MR) is 37.1 cm³/mol. The molecule has 0 aromatic carbocycles. The van der Waals surface area contributed by atoms with Crippen molar-refractivity contribution in [1.29, 1.82) is 0 Å². The molecule has 1 aliphatic heterocycles. The zero-order valence-corrected chi connectivity index (χ0v) is 6.19. The van der Waals surface area contributed by atoms with E-state index in [-0.39, 0.29) is 5.44 Å². The zero-order chi connectivity index (χ0) is 6.15. The summed E-state index contributed by atoms with van der Waals surface area (Å²) >= 11 is 4.22. The maximum absolute atomic E-state index is 5.24. The quantitative estimate of drug-likeness (QED) is 0.492. The standard InChI is InChI=1S/C6H12OS/c1-4-3-7-6(8)5(4)2/h4-6,8H,3H2,1-2H3/t4-,5-,6?/m1/s1. The van der Waals surface area contributed by atoms with Crippen molar-refractivity contribution < 1.29 is 4.74 Å². The first-order chi connectivity index (χ1) is 3.72. The summed E-state index contributed by atoms with van der Waals surface area (Å²) in [6, 6.07) is 0. The van der Waals surface area contributed by atoms with E-state index in [0.29, 0.717) is 11.8 Å². The third-order valence-electron chi connectivity index (χ3n) is 1.88. The van der Waals surface area contributed by atoms with E-state index in [1.165, 1.54) is 0 Å². The molecule has 1 fully saturated rings. The Kier molecular flexibility index (Phi) is 1.83. The normalized spacial score (nSPS) is 47.6. The van der Waals surface area contributed by atoms with Gasteiger partial charge in [-0.25, -0.2) is 0 Å². The molecule has 1 nitrogen and oxygen atoms in total. The van der Waals surface area contributed by atoms with Crippen molar-refractivity contribution in [2.24, 2.45) is 11.8 Å². The Morgan fingerprint density at radius 1 is 1.50 bits per heavy atom. The van der Waals surface area contributed by atoms with Crippen molar-refractivity contribution >= 4 is 12.6 Å². The lowest BCUT2D eigenvalue weighted by atomic mass is 10.0. The van der Waals surface area contributed by atoms with Gasteiger partial charge in [-0.05, 0) is 11.8 Å². The summed E-state index contributed by atoms with van der Waals surface area (Å²) in [7, 11) is 0. The van der Waals surface area contributed by atoms with Crippen LogP contribution in [0.3, 0.4) is 0 Å². The molecular weight excluding hydrogens is 120 g/mol. The van der Waals surface area contributed by atoms with Gasteiger partial charge in [0.2, 0.25) is 0 Å². The Bertz CT molecular complexity index is 74.6. The van der Waals surface area contributed by atoms with Crippen LogP contribution in [0.25, 0.3) is 0 Å². The van der Waals surface area contributed by atoms with E-state index in [4.69, 9.17) is 4.74 Å². The first kappa shape index (κ1) is 6.43. The molecule has 1 saturated heterocycles. The lowest BCUT2D eigenvalue weighted by Crippen LogP contribution is -2.08. The fourth-order valence-electron chi connectivity index (χ4n) is 0.835. The van der Waals surface area contributed by atoms with E-state index in [1.54, 1.807) is 0 Å². The maximum Gasteiger partial charge on any atom is 0.103 e.